The molecule has 2 heterocycles. The van der Waals surface area contributed by atoms with Crippen LogP contribution in [0, 0.1) is 17.0 Å². The van der Waals surface area contributed by atoms with E-state index in [1.165, 1.54) is 43.3 Å². The molecule has 10 heteroatoms. The highest BCUT2D eigenvalue weighted by molar-refractivity contribution is 7.20. The fourth-order valence-electron chi connectivity index (χ4n) is 3.80. The van der Waals surface area contributed by atoms with E-state index in [2.05, 4.69) is 15.3 Å². The van der Waals surface area contributed by atoms with Crippen LogP contribution < -0.4 is 10.1 Å². The number of methoxy groups -OCH3 is 1. The van der Waals surface area contributed by atoms with Crippen molar-refractivity contribution in [1.82, 2.24) is 9.97 Å². The summed E-state index contributed by atoms with van der Waals surface area (Å²) in [6.45, 7) is 1.83. The van der Waals surface area contributed by atoms with Crippen LogP contribution >= 0.6 is 11.3 Å². The number of hydrogen-bond acceptors (Lipinski definition) is 9. The van der Waals surface area contributed by atoms with Gasteiger partial charge in [0, 0.05) is 11.8 Å². The molecule has 0 aliphatic heterocycles. The SMILES string of the molecule is COc1ccc(Nc2ncnc3sc(C(=O)OC4CCCCC4)c(C)c23)cc1[N+](=O)[O-]. The van der Waals surface area contributed by atoms with Crippen LogP contribution in [0.2, 0.25) is 0 Å². The molecule has 1 fully saturated rings. The van der Waals surface area contributed by atoms with E-state index < -0.39 is 4.92 Å². The number of carbonyl (C=O) groups is 1. The number of benzene rings is 1. The van der Waals surface area contributed by atoms with Crippen molar-refractivity contribution in [2.24, 2.45) is 0 Å². The van der Waals surface area contributed by atoms with Crippen LogP contribution in [0.3, 0.4) is 0 Å². The van der Waals surface area contributed by atoms with E-state index >= 15 is 0 Å². The Morgan fingerprint density at radius 3 is 2.74 bits per heavy atom. The third-order valence-corrected chi connectivity index (χ3v) is 6.56. The molecule has 0 amide bonds. The van der Waals surface area contributed by atoms with Crippen molar-refractivity contribution in [2.45, 2.75) is 45.1 Å². The number of hydrogen-bond donors (Lipinski definition) is 1. The zero-order valence-corrected chi connectivity index (χ0v) is 18.0. The van der Waals surface area contributed by atoms with Crippen LogP contribution in [0.25, 0.3) is 10.2 Å². The normalized spacial score (nSPS) is 14.4. The third kappa shape index (κ3) is 4.29. The summed E-state index contributed by atoms with van der Waals surface area (Å²) in [6.07, 6.45) is 6.51. The Kier molecular flexibility index (Phi) is 5.99. The Morgan fingerprint density at radius 2 is 2.03 bits per heavy atom. The Balaban J connectivity index is 1.64. The summed E-state index contributed by atoms with van der Waals surface area (Å²) in [5.74, 6) is 0.302. The fraction of sp³-hybridized carbons (Fsp3) is 0.381. The van der Waals surface area contributed by atoms with Crippen LogP contribution in [0.5, 0.6) is 5.75 Å². The zero-order valence-electron chi connectivity index (χ0n) is 17.2. The lowest BCUT2D eigenvalue weighted by atomic mass is 9.98. The van der Waals surface area contributed by atoms with E-state index in [-0.39, 0.29) is 23.5 Å². The molecule has 3 aromatic rings. The van der Waals surface area contributed by atoms with E-state index in [0.717, 1.165) is 31.2 Å². The van der Waals surface area contributed by atoms with Gasteiger partial charge in [0.1, 0.15) is 28.0 Å². The number of rotatable bonds is 6. The Morgan fingerprint density at radius 1 is 1.26 bits per heavy atom. The number of anilines is 2. The number of nitrogens with zero attached hydrogens (tertiary/aromatic N) is 3. The van der Waals surface area contributed by atoms with Gasteiger partial charge in [-0.3, -0.25) is 10.1 Å². The molecule has 31 heavy (non-hydrogen) atoms. The molecule has 1 N–H and O–H groups in total. The maximum absolute atomic E-state index is 12.8. The second-order valence-electron chi connectivity index (χ2n) is 7.39. The molecule has 0 radical (unpaired) electrons. The molecule has 0 unspecified atom stereocenters. The fourth-order valence-corrected chi connectivity index (χ4v) is 4.83. The van der Waals surface area contributed by atoms with Gasteiger partial charge in [0.05, 0.1) is 17.4 Å². The average molecular weight is 442 g/mol. The highest BCUT2D eigenvalue weighted by Gasteiger charge is 2.24. The zero-order chi connectivity index (χ0) is 22.0. The third-order valence-electron chi connectivity index (χ3n) is 5.38. The van der Waals surface area contributed by atoms with E-state index in [1.807, 2.05) is 6.92 Å². The summed E-state index contributed by atoms with van der Waals surface area (Å²) in [6, 6.07) is 4.57. The van der Waals surface area contributed by atoms with E-state index in [9.17, 15) is 14.9 Å². The van der Waals surface area contributed by atoms with Crippen molar-refractivity contribution >= 4 is 44.7 Å². The smallest absolute Gasteiger partial charge is 0.348 e. The standard InChI is InChI=1S/C21H22N4O5S/c1-12-17-19(24-13-8-9-16(29-2)15(10-13)25(27)28)22-11-23-20(17)31-18(12)21(26)30-14-6-4-3-5-7-14/h8-11,14H,3-7H2,1-2H3,(H,22,23,24). The predicted octanol–water partition coefficient (Wildman–Crippen LogP) is 5.15. The molecule has 0 atom stereocenters. The number of aromatic nitrogens is 2. The molecule has 1 aromatic carbocycles. The second kappa shape index (κ2) is 8.84. The number of esters is 1. The van der Waals surface area contributed by atoms with Crippen molar-refractivity contribution < 1.29 is 19.2 Å². The molecule has 1 aliphatic carbocycles. The molecule has 9 nitrogen and oxygen atoms in total. The quantitative estimate of drug-likeness (QED) is 0.316. The van der Waals surface area contributed by atoms with Gasteiger partial charge in [-0.2, -0.15) is 0 Å². The Bertz CT molecular complexity index is 1140. The number of nitro groups is 1. The summed E-state index contributed by atoms with van der Waals surface area (Å²) in [7, 11) is 1.38. The highest BCUT2D eigenvalue weighted by atomic mass is 32.1. The monoisotopic (exact) mass is 442 g/mol. The average Bonchev–Trinajstić information content (AvgIpc) is 3.12. The molecule has 1 saturated carbocycles. The minimum atomic E-state index is -0.505. The van der Waals surface area contributed by atoms with Crippen LogP contribution in [0.1, 0.15) is 47.3 Å². The molecular formula is C21H22N4O5S. The first-order chi connectivity index (χ1) is 15.0. The van der Waals surface area contributed by atoms with Crippen molar-refractivity contribution in [1.29, 1.82) is 0 Å². The van der Waals surface area contributed by atoms with Gasteiger partial charge in [0.2, 0.25) is 0 Å². The van der Waals surface area contributed by atoms with Crippen molar-refractivity contribution in [2.75, 3.05) is 12.4 Å². The van der Waals surface area contributed by atoms with Crippen LogP contribution in [0.4, 0.5) is 17.2 Å². The van der Waals surface area contributed by atoms with Gasteiger partial charge in [-0.1, -0.05) is 6.42 Å². The van der Waals surface area contributed by atoms with Gasteiger partial charge in [0.15, 0.2) is 5.75 Å². The summed E-state index contributed by atoms with van der Waals surface area (Å²) in [4.78, 5) is 33.4. The van der Waals surface area contributed by atoms with Gasteiger partial charge in [-0.05, 0) is 50.3 Å². The maximum Gasteiger partial charge on any atom is 0.348 e. The first kappa shape index (κ1) is 21.0. The predicted molar refractivity (Wildman–Crippen MR) is 117 cm³/mol. The molecule has 0 saturated heterocycles. The Hall–Kier alpha value is -3.27. The van der Waals surface area contributed by atoms with Crippen molar-refractivity contribution in [3.05, 3.63) is 45.1 Å². The first-order valence-electron chi connectivity index (χ1n) is 10.0. The summed E-state index contributed by atoms with van der Waals surface area (Å²) >= 11 is 1.27. The molecule has 4 rings (SSSR count). The molecule has 2 aromatic heterocycles. The number of nitrogens with one attached hydrogen (secondary N) is 1. The van der Waals surface area contributed by atoms with Gasteiger partial charge in [-0.15, -0.1) is 11.3 Å². The summed E-state index contributed by atoms with van der Waals surface area (Å²) in [5, 5.41) is 15.1. The number of nitro benzene ring substituents is 1. The van der Waals surface area contributed by atoms with Crippen molar-refractivity contribution in [3.63, 3.8) is 0 Å². The molecule has 1 aliphatic rings. The van der Waals surface area contributed by atoms with Crippen molar-refractivity contribution in [3.8, 4) is 5.75 Å². The molecular weight excluding hydrogens is 420 g/mol. The van der Waals surface area contributed by atoms with E-state index in [4.69, 9.17) is 9.47 Å². The maximum atomic E-state index is 12.8. The minimum Gasteiger partial charge on any atom is -0.490 e. The van der Waals surface area contributed by atoms with Crippen LogP contribution in [-0.2, 0) is 4.74 Å². The molecule has 0 bridgehead atoms. The van der Waals surface area contributed by atoms with Gasteiger partial charge in [-0.25, -0.2) is 14.8 Å². The number of ether oxygens (including phenoxy) is 2. The van der Waals surface area contributed by atoms with Gasteiger partial charge >= 0.3 is 11.7 Å². The molecule has 162 valence electrons. The lowest BCUT2D eigenvalue weighted by Gasteiger charge is -2.21. The number of thiophene rings is 1. The topological polar surface area (TPSA) is 116 Å². The summed E-state index contributed by atoms with van der Waals surface area (Å²) in [5.41, 5.74) is 1.05. The molecule has 0 spiro atoms. The lowest BCUT2D eigenvalue weighted by molar-refractivity contribution is -0.385. The second-order valence-corrected chi connectivity index (χ2v) is 8.39. The minimum absolute atomic E-state index is 0.0330. The lowest BCUT2D eigenvalue weighted by Crippen LogP contribution is -2.20. The number of aryl methyl sites for hydroxylation is 1. The first-order valence-corrected chi connectivity index (χ1v) is 10.8. The largest absolute Gasteiger partial charge is 0.490 e. The van der Waals surface area contributed by atoms with E-state index in [1.54, 1.807) is 6.07 Å². The Labute approximate surface area is 182 Å². The van der Waals surface area contributed by atoms with E-state index in [0.29, 0.717) is 26.6 Å². The van der Waals surface area contributed by atoms with Crippen LogP contribution in [0.15, 0.2) is 24.5 Å². The van der Waals surface area contributed by atoms with Crippen LogP contribution in [-0.4, -0.2) is 34.1 Å². The number of fused-ring (bicyclic) bond motifs is 1. The van der Waals surface area contributed by atoms with Gasteiger partial charge < -0.3 is 14.8 Å². The van der Waals surface area contributed by atoms with Gasteiger partial charge in [0.25, 0.3) is 0 Å². The highest BCUT2D eigenvalue weighted by Crippen LogP contribution is 2.37. The summed E-state index contributed by atoms with van der Waals surface area (Å²) < 4.78 is 10.8. The number of carbonyl (C=O) groups excluding carboxylic acids is 1.